The van der Waals surface area contributed by atoms with Crippen molar-refractivity contribution in [2.75, 3.05) is 31.6 Å². The molecule has 2 aromatic carbocycles. The van der Waals surface area contributed by atoms with Crippen LogP contribution < -0.4 is 9.46 Å². The van der Waals surface area contributed by atoms with E-state index in [1.807, 2.05) is 19.0 Å². The zero-order chi connectivity index (χ0) is 22.8. The molecule has 31 heavy (non-hydrogen) atoms. The molecule has 0 saturated heterocycles. The van der Waals surface area contributed by atoms with Crippen molar-refractivity contribution in [3.63, 3.8) is 0 Å². The summed E-state index contributed by atoms with van der Waals surface area (Å²) in [5, 5.41) is 0. The summed E-state index contributed by atoms with van der Waals surface area (Å²) in [5.41, 5.74) is 1.10. The van der Waals surface area contributed by atoms with Gasteiger partial charge in [0.05, 0.1) is 11.9 Å². The van der Waals surface area contributed by atoms with Crippen LogP contribution in [-0.4, -0.2) is 52.2 Å². The Balaban J connectivity index is 1.98. The van der Waals surface area contributed by atoms with Gasteiger partial charge >= 0.3 is 0 Å². The third kappa shape index (κ3) is 5.96. The molecule has 0 fully saturated rings. The molecule has 1 atom stereocenters. The molecule has 1 heterocycles. The van der Waals surface area contributed by atoms with Gasteiger partial charge < -0.3 is 9.64 Å². The summed E-state index contributed by atoms with van der Waals surface area (Å²) in [6.07, 6.45) is 3.99. The number of rotatable bonds is 7. The first-order valence-electron chi connectivity index (χ1n) is 9.19. The Bertz CT molecular complexity index is 1180. The van der Waals surface area contributed by atoms with E-state index in [-0.39, 0.29) is 28.5 Å². The van der Waals surface area contributed by atoms with Gasteiger partial charge in [-0.15, -0.1) is 0 Å². The summed E-state index contributed by atoms with van der Waals surface area (Å²) in [4.78, 5) is 18.9. The number of sulfonamides is 1. The molecule has 0 aliphatic carbocycles. The number of aliphatic imine (C=N–C) groups is 1. The molecule has 0 radical (unpaired) electrons. The van der Waals surface area contributed by atoms with Gasteiger partial charge in [0.15, 0.2) is 17.3 Å². The molecule has 164 valence electrons. The van der Waals surface area contributed by atoms with Gasteiger partial charge in [-0.2, -0.15) is 0 Å². The Morgan fingerprint density at radius 1 is 1.16 bits per heavy atom. The van der Waals surface area contributed by atoms with Crippen LogP contribution in [0.1, 0.15) is 11.6 Å². The average molecular weight is 449 g/mol. The van der Waals surface area contributed by atoms with E-state index < -0.39 is 27.7 Å². The van der Waals surface area contributed by atoms with Crippen molar-refractivity contribution in [2.45, 2.75) is 6.04 Å². The predicted molar refractivity (Wildman–Crippen MR) is 114 cm³/mol. The number of likely N-dealkylation sites (N-methyl/N-ethyl adjacent to an activating group) is 1. The Morgan fingerprint density at radius 3 is 2.52 bits per heavy atom. The molecule has 1 unspecified atom stereocenters. The Kier molecular flexibility index (Phi) is 6.51. The largest absolute Gasteiger partial charge is 0.454 e. The first kappa shape index (κ1) is 22.6. The summed E-state index contributed by atoms with van der Waals surface area (Å²) in [5.74, 6) is -2.07. The lowest BCUT2D eigenvalue weighted by atomic mass is 9.97. The SMILES string of the molecule is CN(C)CC1=CC(=O)C(c2cc(Oc3ccc(F)cc3F)ccc2NS(C)(=O)=O)N=C1. The van der Waals surface area contributed by atoms with Gasteiger partial charge in [-0.3, -0.25) is 14.5 Å². The highest BCUT2D eigenvalue weighted by molar-refractivity contribution is 7.92. The van der Waals surface area contributed by atoms with Crippen LogP contribution in [-0.2, 0) is 14.8 Å². The zero-order valence-electron chi connectivity index (χ0n) is 17.1. The lowest BCUT2D eigenvalue weighted by Crippen LogP contribution is -2.22. The molecule has 0 amide bonds. The number of hydrogen-bond acceptors (Lipinski definition) is 6. The fourth-order valence-electron chi connectivity index (χ4n) is 3.04. The molecule has 7 nitrogen and oxygen atoms in total. The fraction of sp³-hybridized carbons (Fsp3) is 0.238. The lowest BCUT2D eigenvalue weighted by Gasteiger charge is -2.20. The van der Waals surface area contributed by atoms with E-state index in [4.69, 9.17) is 4.74 Å². The maximum absolute atomic E-state index is 14.0. The van der Waals surface area contributed by atoms with Crippen molar-refractivity contribution in [1.82, 2.24) is 4.90 Å². The number of carbonyl (C=O) groups excluding carboxylic acids is 1. The Labute approximate surface area is 179 Å². The number of dihydropyridines is 1. The van der Waals surface area contributed by atoms with Gasteiger partial charge in [-0.25, -0.2) is 17.2 Å². The van der Waals surface area contributed by atoms with Crippen LogP contribution in [0.4, 0.5) is 14.5 Å². The van der Waals surface area contributed by atoms with E-state index in [0.29, 0.717) is 18.2 Å². The van der Waals surface area contributed by atoms with Crippen LogP contribution in [0.25, 0.3) is 0 Å². The second-order valence-electron chi connectivity index (χ2n) is 7.34. The highest BCUT2D eigenvalue weighted by atomic mass is 32.2. The van der Waals surface area contributed by atoms with E-state index in [1.165, 1.54) is 24.3 Å². The van der Waals surface area contributed by atoms with Crippen LogP contribution in [0.3, 0.4) is 0 Å². The average Bonchev–Trinajstić information content (AvgIpc) is 2.64. The van der Waals surface area contributed by atoms with Gasteiger partial charge in [-0.1, -0.05) is 0 Å². The first-order chi connectivity index (χ1) is 14.5. The zero-order valence-corrected chi connectivity index (χ0v) is 17.9. The minimum Gasteiger partial charge on any atom is -0.454 e. The maximum Gasteiger partial charge on any atom is 0.229 e. The summed E-state index contributed by atoms with van der Waals surface area (Å²) in [6.45, 7) is 0.517. The number of benzene rings is 2. The molecule has 1 aliphatic rings. The van der Waals surface area contributed by atoms with Crippen LogP contribution >= 0.6 is 0 Å². The van der Waals surface area contributed by atoms with Gasteiger partial charge in [0, 0.05) is 24.4 Å². The lowest BCUT2D eigenvalue weighted by molar-refractivity contribution is -0.115. The van der Waals surface area contributed by atoms with Gasteiger partial charge in [0.2, 0.25) is 10.0 Å². The summed E-state index contributed by atoms with van der Waals surface area (Å²) >= 11 is 0. The molecular formula is C21H21F2N3O4S. The van der Waals surface area contributed by atoms with Crippen molar-refractivity contribution >= 4 is 27.7 Å². The van der Waals surface area contributed by atoms with Gasteiger partial charge in [0.25, 0.3) is 0 Å². The molecule has 0 saturated carbocycles. The highest BCUT2D eigenvalue weighted by Crippen LogP contribution is 2.35. The molecule has 2 aromatic rings. The van der Waals surface area contributed by atoms with Crippen LogP contribution in [0.15, 0.2) is 53.0 Å². The summed E-state index contributed by atoms with van der Waals surface area (Å²) < 4.78 is 58.5. The highest BCUT2D eigenvalue weighted by Gasteiger charge is 2.26. The van der Waals surface area contributed by atoms with Crippen molar-refractivity contribution in [2.24, 2.45) is 4.99 Å². The smallest absolute Gasteiger partial charge is 0.229 e. The minimum absolute atomic E-state index is 0.130. The number of nitrogens with one attached hydrogen (secondary N) is 1. The van der Waals surface area contributed by atoms with Crippen molar-refractivity contribution in [3.8, 4) is 11.5 Å². The van der Waals surface area contributed by atoms with Gasteiger partial charge in [0.1, 0.15) is 17.6 Å². The minimum atomic E-state index is -3.64. The molecule has 3 rings (SSSR count). The molecular weight excluding hydrogens is 428 g/mol. The standard InChI is InChI=1S/C21H21F2N3O4S/c1-26(2)12-13-8-19(27)21(24-11-13)16-10-15(5-6-18(16)25-31(3,28)29)30-20-7-4-14(22)9-17(20)23/h4-11,21,25H,12H2,1-3H3. The number of carbonyl (C=O) groups is 1. The second-order valence-corrected chi connectivity index (χ2v) is 9.09. The first-order valence-corrected chi connectivity index (χ1v) is 11.1. The van der Waals surface area contributed by atoms with Crippen LogP contribution in [0.5, 0.6) is 11.5 Å². The van der Waals surface area contributed by atoms with Crippen molar-refractivity contribution in [1.29, 1.82) is 0 Å². The summed E-state index contributed by atoms with van der Waals surface area (Å²) in [6, 6.07) is 6.07. The number of hydrogen-bond donors (Lipinski definition) is 1. The second kappa shape index (κ2) is 8.94. The molecule has 0 bridgehead atoms. The molecule has 0 aromatic heterocycles. The third-order valence-electron chi connectivity index (χ3n) is 4.22. The topological polar surface area (TPSA) is 88.1 Å². The van der Waals surface area contributed by atoms with E-state index in [1.54, 1.807) is 6.21 Å². The van der Waals surface area contributed by atoms with E-state index >= 15 is 0 Å². The Hall–Kier alpha value is -3.11. The maximum atomic E-state index is 14.0. The Morgan fingerprint density at radius 2 is 1.90 bits per heavy atom. The quantitative estimate of drug-likeness (QED) is 0.701. The van der Waals surface area contributed by atoms with E-state index in [9.17, 15) is 22.0 Å². The number of ketones is 1. The molecule has 10 heteroatoms. The van der Waals surface area contributed by atoms with Crippen molar-refractivity contribution in [3.05, 3.63) is 65.2 Å². The monoisotopic (exact) mass is 449 g/mol. The molecule has 0 spiro atoms. The molecule has 1 N–H and O–H groups in total. The number of ether oxygens (including phenoxy) is 1. The normalized spacial score (nSPS) is 16.4. The van der Waals surface area contributed by atoms with Gasteiger partial charge in [-0.05, 0) is 56.1 Å². The van der Waals surface area contributed by atoms with Crippen LogP contribution in [0, 0.1) is 11.6 Å². The summed E-state index contributed by atoms with van der Waals surface area (Å²) in [7, 11) is 0.0684. The van der Waals surface area contributed by atoms with Crippen LogP contribution in [0.2, 0.25) is 0 Å². The third-order valence-corrected chi connectivity index (χ3v) is 4.81. The van der Waals surface area contributed by atoms with Crippen molar-refractivity contribution < 1.29 is 26.7 Å². The number of nitrogens with zero attached hydrogens (tertiary/aromatic N) is 2. The molecule has 1 aliphatic heterocycles. The number of halogens is 2. The predicted octanol–water partition coefficient (Wildman–Crippen LogP) is 3.31. The van der Waals surface area contributed by atoms with E-state index in [2.05, 4.69) is 9.71 Å². The fourth-order valence-corrected chi connectivity index (χ4v) is 3.62. The number of anilines is 1. The van der Waals surface area contributed by atoms with E-state index in [0.717, 1.165) is 18.4 Å².